The predicted molar refractivity (Wildman–Crippen MR) is 110 cm³/mol. The third-order valence-corrected chi connectivity index (χ3v) is 6.41. The van der Waals surface area contributed by atoms with Gasteiger partial charge in [-0.05, 0) is 60.8 Å². The first-order valence-electron chi connectivity index (χ1n) is 8.59. The van der Waals surface area contributed by atoms with Gasteiger partial charge in [0.2, 0.25) is 5.91 Å². The number of amides is 2. The topological polar surface area (TPSA) is 58.6 Å². The monoisotopic (exact) mass is 458 g/mol. The molecule has 0 unspecified atom stereocenters. The quantitative estimate of drug-likeness (QED) is 0.668. The standard InChI is InChI=1S/C19H24BrFN2O3S/c1-11(2)9-27-16-12(3)26-10-23(17(16)24)19(4,5)18(25)22-15-8-13(21)6-7-14(15)20/h6-8,11H,9-10H2,1-5H3,(H,22,25). The smallest absolute Gasteiger partial charge is 0.267 e. The maximum Gasteiger partial charge on any atom is 0.267 e. The highest BCUT2D eigenvalue weighted by Crippen LogP contribution is 2.33. The number of thioether (sulfide) groups is 1. The Balaban J connectivity index is 2.21. The fourth-order valence-electron chi connectivity index (χ4n) is 2.38. The lowest BCUT2D eigenvalue weighted by Crippen LogP contribution is -2.57. The van der Waals surface area contributed by atoms with E-state index in [4.69, 9.17) is 4.74 Å². The molecule has 0 spiro atoms. The van der Waals surface area contributed by atoms with Crippen molar-refractivity contribution in [3.05, 3.63) is 39.2 Å². The molecule has 27 heavy (non-hydrogen) atoms. The SMILES string of the molecule is CC1=C(SCC(C)C)C(=O)N(C(C)(C)C(=O)Nc2cc(F)ccc2Br)CO1. The van der Waals surface area contributed by atoms with Crippen LogP contribution in [0.5, 0.6) is 0 Å². The molecule has 0 saturated heterocycles. The van der Waals surface area contributed by atoms with Gasteiger partial charge in [0.1, 0.15) is 22.0 Å². The van der Waals surface area contributed by atoms with Gasteiger partial charge in [-0.2, -0.15) is 0 Å². The first-order valence-corrected chi connectivity index (χ1v) is 10.4. The number of nitrogens with one attached hydrogen (secondary N) is 1. The molecule has 0 atom stereocenters. The van der Waals surface area contributed by atoms with E-state index in [1.54, 1.807) is 20.8 Å². The molecule has 148 valence electrons. The fourth-order valence-corrected chi connectivity index (χ4v) is 3.72. The van der Waals surface area contributed by atoms with Crippen molar-refractivity contribution < 1.29 is 18.7 Å². The molecule has 1 aromatic rings. The van der Waals surface area contributed by atoms with Crippen molar-refractivity contribution in [2.75, 3.05) is 17.8 Å². The predicted octanol–water partition coefficient (Wildman–Crippen LogP) is 4.74. The molecule has 1 aliphatic rings. The second-order valence-corrected chi connectivity index (χ2v) is 9.12. The molecule has 5 nitrogen and oxygen atoms in total. The Bertz CT molecular complexity index is 780. The number of halogens is 2. The van der Waals surface area contributed by atoms with Crippen LogP contribution in [0.4, 0.5) is 10.1 Å². The summed E-state index contributed by atoms with van der Waals surface area (Å²) >= 11 is 4.72. The third-order valence-electron chi connectivity index (χ3n) is 4.14. The summed E-state index contributed by atoms with van der Waals surface area (Å²) in [4.78, 5) is 27.8. The number of allylic oxidation sites excluding steroid dienone is 1. The number of benzene rings is 1. The van der Waals surface area contributed by atoms with Crippen LogP contribution in [0.3, 0.4) is 0 Å². The van der Waals surface area contributed by atoms with E-state index < -0.39 is 17.3 Å². The van der Waals surface area contributed by atoms with Gasteiger partial charge < -0.3 is 10.1 Å². The van der Waals surface area contributed by atoms with Crippen LogP contribution >= 0.6 is 27.7 Å². The Hall–Kier alpha value is -1.54. The molecular weight excluding hydrogens is 435 g/mol. The fraction of sp³-hybridized carbons (Fsp3) is 0.474. The van der Waals surface area contributed by atoms with E-state index in [9.17, 15) is 14.0 Å². The molecular formula is C19H24BrFN2O3S. The molecule has 1 heterocycles. The van der Waals surface area contributed by atoms with Gasteiger partial charge in [0.25, 0.3) is 5.91 Å². The highest BCUT2D eigenvalue weighted by molar-refractivity contribution is 9.10. The molecule has 2 rings (SSSR count). The molecule has 1 aromatic carbocycles. The number of nitrogens with zero attached hydrogens (tertiary/aromatic N) is 1. The first kappa shape index (κ1) is 21.8. The Morgan fingerprint density at radius 3 is 2.74 bits per heavy atom. The average Bonchev–Trinajstić information content (AvgIpc) is 2.57. The van der Waals surface area contributed by atoms with Gasteiger partial charge in [0, 0.05) is 10.2 Å². The minimum Gasteiger partial charge on any atom is -0.476 e. The molecule has 0 bridgehead atoms. The first-order chi connectivity index (χ1) is 12.5. The van der Waals surface area contributed by atoms with Gasteiger partial charge in [-0.3, -0.25) is 14.5 Å². The van der Waals surface area contributed by atoms with Crippen molar-refractivity contribution in [3.8, 4) is 0 Å². The molecule has 0 radical (unpaired) electrons. The van der Waals surface area contributed by atoms with E-state index in [1.165, 1.54) is 34.9 Å². The largest absolute Gasteiger partial charge is 0.476 e. The molecule has 8 heteroatoms. The van der Waals surface area contributed by atoms with Gasteiger partial charge in [0.05, 0.1) is 5.69 Å². The lowest BCUT2D eigenvalue weighted by molar-refractivity contribution is -0.148. The molecule has 0 aliphatic carbocycles. The van der Waals surface area contributed by atoms with Crippen LogP contribution in [-0.4, -0.2) is 34.7 Å². The summed E-state index contributed by atoms with van der Waals surface area (Å²) in [6.07, 6.45) is 0. The summed E-state index contributed by atoms with van der Waals surface area (Å²) < 4.78 is 19.7. The van der Waals surface area contributed by atoms with Gasteiger partial charge in [0.15, 0.2) is 6.73 Å². The highest BCUT2D eigenvalue weighted by Gasteiger charge is 2.42. The Labute approximate surface area is 171 Å². The minimum absolute atomic E-state index is 0.0128. The zero-order valence-electron chi connectivity index (χ0n) is 16.1. The Morgan fingerprint density at radius 2 is 2.11 bits per heavy atom. The van der Waals surface area contributed by atoms with E-state index in [0.717, 1.165) is 5.75 Å². The van der Waals surface area contributed by atoms with Gasteiger partial charge in [-0.25, -0.2) is 4.39 Å². The summed E-state index contributed by atoms with van der Waals surface area (Å²) in [7, 11) is 0. The summed E-state index contributed by atoms with van der Waals surface area (Å²) in [5.74, 6) is 0.639. The van der Waals surface area contributed by atoms with Crippen LogP contribution in [0.2, 0.25) is 0 Å². The second kappa shape index (κ2) is 8.65. The van der Waals surface area contributed by atoms with Crippen molar-refractivity contribution in [2.24, 2.45) is 5.92 Å². The number of carbonyl (C=O) groups is 2. The van der Waals surface area contributed by atoms with Crippen molar-refractivity contribution in [2.45, 2.75) is 40.2 Å². The van der Waals surface area contributed by atoms with Crippen LogP contribution in [0, 0.1) is 11.7 Å². The second-order valence-electron chi connectivity index (χ2n) is 7.23. The van der Waals surface area contributed by atoms with Crippen molar-refractivity contribution in [3.63, 3.8) is 0 Å². The molecule has 0 saturated carbocycles. The number of hydrogen-bond donors (Lipinski definition) is 1. The molecule has 1 N–H and O–H groups in total. The van der Waals surface area contributed by atoms with E-state index in [-0.39, 0.29) is 12.6 Å². The molecule has 0 fully saturated rings. The Morgan fingerprint density at radius 1 is 1.44 bits per heavy atom. The average molecular weight is 459 g/mol. The normalized spacial score (nSPS) is 15.3. The lowest BCUT2D eigenvalue weighted by atomic mass is 10.0. The van der Waals surface area contributed by atoms with Crippen LogP contribution in [-0.2, 0) is 14.3 Å². The zero-order chi connectivity index (χ0) is 20.4. The molecule has 2 amide bonds. The minimum atomic E-state index is -1.19. The van der Waals surface area contributed by atoms with Gasteiger partial charge in [-0.15, -0.1) is 11.8 Å². The van der Waals surface area contributed by atoms with Crippen LogP contribution in [0.1, 0.15) is 34.6 Å². The van der Waals surface area contributed by atoms with E-state index >= 15 is 0 Å². The lowest BCUT2D eigenvalue weighted by Gasteiger charge is -2.40. The van der Waals surface area contributed by atoms with Crippen molar-refractivity contribution in [1.29, 1.82) is 0 Å². The van der Waals surface area contributed by atoms with Gasteiger partial charge in [-0.1, -0.05) is 13.8 Å². The maximum atomic E-state index is 13.5. The number of hydrogen-bond acceptors (Lipinski definition) is 4. The van der Waals surface area contributed by atoms with E-state index in [1.807, 2.05) is 0 Å². The summed E-state index contributed by atoms with van der Waals surface area (Å²) in [6.45, 7) is 9.17. The Kier molecular flexibility index (Phi) is 6.97. The van der Waals surface area contributed by atoms with Crippen molar-refractivity contribution in [1.82, 2.24) is 4.90 Å². The van der Waals surface area contributed by atoms with E-state index in [2.05, 4.69) is 35.1 Å². The van der Waals surface area contributed by atoms with Crippen LogP contribution < -0.4 is 5.32 Å². The molecule has 0 aromatic heterocycles. The number of rotatable bonds is 6. The highest BCUT2D eigenvalue weighted by atomic mass is 79.9. The number of ether oxygens (including phenoxy) is 1. The van der Waals surface area contributed by atoms with Crippen LogP contribution in [0.15, 0.2) is 33.3 Å². The van der Waals surface area contributed by atoms with Crippen LogP contribution in [0.25, 0.3) is 0 Å². The van der Waals surface area contributed by atoms with E-state index in [0.29, 0.717) is 26.7 Å². The summed E-state index contributed by atoms with van der Waals surface area (Å²) in [5.41, 5.74) is -0.882. The number of carbonyl (C=O) groups excluding carboxylic acids is 2. The van der Waals surface area contributed by atoms with Gasteiger partial charge >= 0.3 is 0 Å². The maximum absolute atomic E-state index is 13.5. The van der Waals surface area contributed by atoms with Crippen molar-refractivity contribution >= 4 is 45.2 Å². The summed E-state index contributed by atoms with van der Waals surface area (Å²) in [5, 5.41) is 2.69. The third kappa shape index (κ3) is 5.04. The zero-order valence-corrected chi connectivity index (χ0v) is 18.5. The molecule has 1 aliphatic heterocycles. The number of anilines is 1. The summed E-state index contributed by atoms with van der Waals surface area (Å²) in [6, 6.07) is 4.03.